The number of carbonyl (C=O) groups is 1. The predicted octanol–water partition coefficient (Wildman–Crippen LogP) is 5.38. The Hall–Kier alpha value is -2.60. The van der Waals surface area contributed by atoms with Gasteiger partial charge in [-0.2, -0.15) is 18.2 Å². The molecule has 0 bridgehead atoms. The molecule has 200 valence electrons. The van der Waals surface area contributed by atoms with Crippen molar-refractivity contribution in [1.29, 1.82) is 0 Å². The predicted molar refractivity (Wildman–Crippen MR) is 131 cm³/mol. The summed E-state index contributed by atoms with van der Waals surface area (Å²) < 4.78 is 69.7. The van der Waals surface area contributed by atoms with E-state index >= 15 is 4.39 Å². The van der Waals surface area contributed by atoms with Crippen LogP contribution in [0.1, 0.15) is 61.5 Å². The van der Waals surface area contributed by atoms with E-state index in [9.17, 15) is 27.5 Å². The van der Waals surface area contributed by atoms with Gasteiger partial charge in [-0.3, -0.25) is 4.79 Å². The normalized spacial score (nSPS) is 22.1. The van der Waals surface area contributed by atoms with Gasteiger partial charge in [-0.25, -0.2) is 13.8 Å². The number of hydrogen-bond donors (Lipinski definition) is 2. The Kier molecular flexibility index (Phi) is 7.62. The zero-order chi connectivity index (χ0) is 27.1. The van der Waals surface area contributed by atoms with Crippen molar-refractivity contribution in [2.45, 2.75) is 63.5 Å². The highest BCUT2D eigenvalue weighted by Crippen LogP contribution is 2.46. The third kappa shape index (κ3) is 5.50. The summed E-state index contributed by atoms with van der Waals surface area (Å²) in [6.07, 6.45) is -3.54. The maximum Gasteiger partial charge on any atom is 0.433 e. The maximum atomic E-state index is 15.2. The van der Waals surface area contributed by atoms with Crippen LogP contribution in [0.15, 0.2) is 33.7 Å². The van der Waals surface area contributed by atoms with Gasteiger partial charge in [0.2, 0.25) is 0 Å². The molecule has 4 rings (SSSR count). The van der Waals surface area contributed by atoms with Gasteiger partial charge in [-0.05, 0) is 63.3 Å². The second-order valence-corrected chi connectivity index (χ2v) is 10.5. The van der Waals surface area contributed by atoms with Crippen LogP contribution in [0.3, 0.4) is 0 Å². The van der Waals surface area contributed by atoms with E-state index in [4.69, 9.17) is 5.73 Å². The smallest absolute Gasteiger partial charge is 0.391 e. The molecule has 1 aliphatic heterocycles. The highest BCUT2D eigenvalue weighted by Gasteiger charge is 2.44. The highest BCUT2D eigenvalue weighted by molar-refractivity contribution is 9.10. The van der Waals surface area contributed by atoms with Crippen molar-refractivity contribution in [1.82, 2.24) is 4.98 Å². The number of amides is 1. The topological polar surface area (TPSA) is 91.8 Å². The van der Waals surface area contributed by atoms with Crippen molar-refractivity contribution in [3.8, 4) is 0 Å². The third-order valence-electron chi connectivity index (χ3n) is 7.09. The lowest BCUT2D eigenvalue weighted by Crippen LogP contribution is -2.43. The Morgan fingerprint density at radius 2 is 2.03 bits per heavy atom. The summed E-state index contributed by atoms with van der Waals surface area (Å²) in [7, 11) is 0. The Balaban J connectivity index is 1.56. The number of nitrogens with zero attached hydrogens (tertiary/aromatic N) is 3. The second-order valence-electron chi connectivity index (χ2n) is 9.55. The number of aliphatic hydroxyl groups is 1. The quantitative estimate of drug-likeness (QED) is 0.278. The number of rotatable bonds is 5. The molecule has 12 heteroatoms. The number of aliphatic hydroxyl groups excluding tert-OH is 1. The Morgan fingerprint density at radius 1 is 1.32 bits per heavy atom. The molecule has 2 aromatic rings. The van der Waals surface area contributed by atoms with Gasteiger partial charge in [-0.15, -0.1) is 0 Å². The van der Waals surface area contributed by atoms with Gasteiger partial charge >= 0.3 is 6.18 Å². The number of carbonyl (C=O) groups excluding carboxylic acids is 1. The molecule has 2 aliphatic rings. The van der Waals surface area contributed by atoms with Crippen LogP contribution < -0.4 is 10.6 Å². The average molecular weight is 589 g/mol. The largest absolute Gasteiger partial charge is 0.433 e. The van der Waals surface area contributed by atoms with E-state index in [2.05, 4.69) is 25.9 Å². The number of nitrogens with two attached hydrogens (primary N) is 1. The van der Waals surface area contributed by atoms with Crippen LogP contribution in [0.25, 0.3) is 0 Å². The standard InChI is InChI=1S/C25H26BrF5N4O2/c1-13-9-14(5-8-35(13)19-11-15(26)10-18(27)17(19)12-36)23(37)34-22(32)16-3-4-20(25(29,30)31)33-21(16)24(28)6-2-7-24/h3-4,10-11,13-14,36H,2,5-9,12H2,1H3,(H2,32,34,37). The average Bonchev–Trinajstić information content (AvgIpc) is 2.81. The molecule has 2 heterocycles. The number of anilines is 1. The Bertz CT molecular complexity index is 1230. The van der Waals surface area contributed by atoms with Crippen molar-refractivity contribution in [3.63, 3.8) is 0 Å². The van der Waals surface area contributed by atoms with Gasteiger partial charge in [0.15, 0.2) is 5.67 Å². The van der Waals surface area contributed by atoms with Gasteiger partial charge in [0.25, 0.3) is 5.91 Å². The molecule has 37 heavy (non-hydrogen) atoms. The number of alkyl halides is 4. The number of piperidine rings is 1. The lowest BCUT2D eigenvalue weighted by Gasteiger charge is -2.39. The number of aromatic nitrogens is 1. The molecular weight excluding hydrogens is 563 g/mol. The molecule has 1 saturated heterocycles. The summed E-state index contributed by atoms with van der Waals surface area (Å²) in [4.78, 5) is 22.3. The van der Waals surface area contributed by atoms with Crippen molar-refractivity contribution >= 4 is 33.4 Å². The molecule has 6 nitrogen and oxygen atoms in total. The van der Waals surface area contributed by atoms with Crippen molar-refractivity contribution < 1.29 is 31.9 Å². The molecule has 2 atom stereocenters. The Morgan fingerprint density at radius 3 is 2.59 bits per heavy atom. The van der Waals surface area contributed by atoms with Crippen LogP contribution in [0.5, 0.6) is 0 Å². The first-order chi connectivity index (χ1) is 17.3. The summed E-state index contributed by atoms with van der Waals surface area (Å²) in [5, 5.41) is 9.66. The summed E-state index contributed by atoms with van der Waals surface area (Å²) in [5.74, 6) is -2.04. The van der Waals surface area contributed by atoms with Crippen molar-refractivity contribution in [2.24, 2.45) is 16.6 Å². The van der Waals surface area contributed by atoms with E-state index in [0.29, 0.717) is 42.0 Å². The number of hydrogen-bond acceptors (Lipinski definition) is 4. The first-order valence-corrected chi connectivity index (χ1v) is 12.6. The zero-order valence-corrected chi connectivity index (χ0v) is 21.5. The van der Waals surface area contributed by atoms with Crippen LogP contribution in [0.4, 0.5) is 27.6 Å². The fraction of sp³-hybridized carbons (Fsp3) is 0.480. The van der Waals surface area contributed by atoms with E-state index in [1.165, 1.54) is 6.07 Å². The number of halogens is 6. The fourth-order valence-corrected chi connectivity index (χ4v) is 5.33. The molecule has 2 fully saturated rings. The summed E-state index contributed by atoms with van der Waals surface area (Å²) in [5.41, 5.74) is 2.84. The molecular formula is C25H26BrF5N4O2. The maximum absolute atomic E-state index is 15.2. The lowest BCUT2D eigenvalue weighted by molar-refractivity contribution is -0.141. The number of aliphatic imine (C=N–C) groups is 1. The van der Waals surface area contributed by atoms with E-state index in [1.807, 2.05) is 11.8 Å². The van der Waals surface area contributed by atoms with Crippen LogP contribution >= 0.6 is 15.9 Å². The van der Waals surface area contributed by atoms with Crippen molar-refractivity contribution in [3.05, 3.63) is 57.1 Å². The molecule has 3 N–H and O–H groups in total. The summed E-state index contributed by atoms with van der Waals surface area (Å²) >= 11 is 3.26. The second kappa shape index (κ2) is 10.3. The molecule has 2 unspecified atom stereocenters. The minimum Gasteiger partial charge on any atom is -0.391 e. The molecule has 1 amide bonds. The van der Waals surface area contributed by atoms with Gasteiger partial charge in [-0.1, -0.05) is 15.9 Å². The Labute approximate surface area is 218 Å². The van der Waals surface area contributed by atoms with Gasteiger partial charge in [0.1, 0.15) is 17.3 Å². The lowest BCUT2D eigenvalue weighted by atomic mass is 9.77. The number of pyridine rings is 1. The zero-order valence-electron chi connectivity index (χ0n) is 20.0. The number of benzene rings is 1. The molecule has 1 aromatic heterocycles. The highest BCUT2D eigenvalue weighted by atomic mass is 79.9. The minimum absolute atomic E-state index is 0.0114. The molecule has 0 spiro atoms. The molecule has 1 saturated carbocycles. The first kappa shape index (κ1) is 27.4. The van der Waals surface area contributed by atoms with Crippen LogP contribution in [-0.4, -0.2) is 34.4 Å². The third-order valence-corrected chi connectivity index (χ3v) is 7.55. The molecule has 0 radical (unpaired) electrons. The fourth-order valence-electron chi connectivity index (χ4n) is 4.92. The van der Waals surface area contributed by atoms with Crippen molar-refractivity contribution in [2.75, 3.05) is 11.4 Å². The van der Waals surface area contributed by atoms with E-state index in [0.717, 1.165) is 6.07 Å². The van der Waals surface area contributed by atoms with Gasteiger partial charge < -0.3 is 15.7 Å². The first-order valence-electron chi connectivity index (χ1n) is 11.9. The van der Waals surface area contributed by atoms with Crippen LogP contribution in [0.2, 0.25) is 0 Å². The molecule has 1 aromatic carbocycles. The molecule has 1 aliphatic carbocycles. The van der Waals surface area contributed by atoms with E-state index < -0.39 is 47.5 Å². The summed E-state index contributed by atoms with van der Waals surface area (Å²) in [6.45, 7) is 1.74. The monoisotopic (exact) mass is 588 g/mol. The van der Waals surface area contributed by atoms with Crippen LogP contribution in [-0.2, 0) is 23.2 Å². The summed E-state index contributed by atoms with van der Waals surface area (Å²) in [6, 6.07) is 4.47. The van der Waals surface area contributed by atoms with E-state index in [-0.39, 0.29) is 35.8 Å². The van der Waals surface area contributed by atoms with Gasteiger partial charge in [0, 0.05) is 39.8 Å². The number of amidine groups is 1. The van der Waals surface area contributed by atoms with E-state index in [1.54, 1.807) is 6.07 Å². The SMILES string of the molecule is CC1CC(C(=O)N=C(N)c2ccc(C(F)(F)F)nc2C2(F)CCC2)CCN1c1cc(Br)cc(F)c1CO. The minimum atomic E-state index is -4.76. The van der Waals surface area contributed by atoms with Gasteiger partial charge in [0.05, 0.1) is 12.3 Å². The van der Waals surface area contributed by atoms with Crippen LogP contribution in [0, 0.1) is 11.7 Å².